The third-order valence-corrected chi connectivity index (χ3v) is 2.59. The molecule has 1 aromatic heterocycles. The zero-order valence-corrected chi connectivity index (χ0v) is 9.84. The van der Waals surface area contributed by atoms with Gasteiger partial charge in [0.05, 0.1) is 6.04 Å². The van der Waals surface area contributed by atoms with Crippen molar-refractivity contribution in [2.24, 2.45) is 0 Å². The molecule has 15 heavy (non-hydrogen) atoms. The average Bonchev–Trinajstić information content (AvgIpc) is 2.29. The summed E-state index contributed by atoms with van der Waals surface area (Å²) in [6.45, 7) is 2.11. The van der Waals surface area contributed by atoms with Crippen LogP contribution in [0.2, 0.25) is 0 Å². The molecule has 0 spiro atoms. The van der Waals surface area contributed by atoms with Gasteiger partial charge in [-0.3, -0.25) is 0 Å². The zero-order valence-electron chi connectivity index (χ0n) is 9.03. The lowest BCUT2D eigenvalue weighted by Crippen LogP contribution is -2.17. The lowest BCUT2D eigenvalue weighted by molar-refractivity contribution is 0.751. The predicted molar refractivity (Wildman–Crippen MR) is 65.0 cm³/mol. The van der Waals surface area contributed by atoms with Crippen molar-refractivity contribution in [3.8, 4) is 12.3 Å². The van der Waals surface area contributed by atoms with E-state index in [4.69, 9.17) is 6.42 Å². The maximum absolute atomic E-state index is 5.42. The first-order valence-electron chi connectivity index (χ1n) is 4.88. The fourth-order valence-electron chi connectivity index (χ4n) is 1.19. The molecule has 0 amide bonds. The van der Waals surface area contributed by atoms with Gasteiger partial charge in [-0.1, -0.05) is 19.3 Å². The number of nitrogens with one attached hydrogen (secondary N) is 1. The van der Waals surface area contributed by atoms with Crippen LogP contribution in [-0.4, -0.2) is 22.3 Å². The van der Waals surface area contributed by atoms with E-state index in [-0.39, 0.29) is 6.04 Å². The van der Waals surface area contributed by atoms with Gasteiger partial charge in [-0.25, -0.2) is 9.97 Å². The van der Waals surface area contributed by atoms with E-state index in [1.165, 1.54) is 0 Å². The summed E-state index contributed by atoms with van der Waals surface area (Å²) in [7, 11) is 0. The van der Waals surface area contributed by atoms with Crippen molar-refractivity contribution in [3.05, 3.63) is 12.4 Å². The Morgan fingerprint density at radius 1 is 1.60 bits per heavy atom. The van der Waals surface area contributed by atoms with Crippen LogP contribution in [0, 0.1) is 12.3 Å². The van der Waals surface area contributed by atoms with E-state index in [1.54, 1.807) is 18.1 Å². The van der Waals surface area contributed by atoms with Crippen LogP contribution in [0.15, 0.2) is 17.4 Å². The van der Waals surface area contributed by atoms with E-state index in [2.05, 4.69) is 28.1 Å². The minimum atomic E-state index is 0.0552. The first-order valence-corrected chi connectivity index (χ1v) is 6.11. The van der Waals surface area contributed by atoms with Crippen molar-refractivity contribution in [1.82, 2.24) is 9.97 Å². The molecule has 0 saturated heterocycles. The Morgan fingerprint density at radius 3 is 3.00 bits per heavy atom. The quantitative estimate of drug-likeness (QED) is 0.471. The molecule has 1 aromatic rings. The number of thioether (sulfide) groups is 1. The standard InChI is InChI=1S/C11H15N3S/c1-4-6-9(5-2)14-10-7-11(15-3)13-8-12-10/h2,7-9H,4,6H2,1,3H3,(H,12,13,14). The van der Waals surface area contributed by atoms with Crippen LogP contribution >= 0.6 is 11.8 Å². The summed E-state index contributed by atoms with van der Waals surface area (Å²) in [5.74, 6) is 3.51. The van der Waals surface area contributed by atoms with Crippen molar-refractivity contribution in [2.45, 2.75) is 30.8 Å². The Balaban J connectivity index is 2.66. The molecule has 0 saturated carbocycles. The molecule has 1 N–H and O–H groups in total. The summed E-state index contributed by atoms with van der Waals surface area (Å²) >= 11 is 1.59. The molecule has 0 aromatic carbocycles. The molecule has 1 rings (SSSR count). The first kappa shape index (κ1) is 11.9. The fraction of sp³-hybridized carbons (Fsp3) is 0.455. The molecule has 0 aliphatic carbocycles. The van der Waals surface area contributed by atoms with Gasteiger partial charge in [0, 0.05) is 6.07 Å². The molecule has 1 atom stereocenters. The molecule has 3 nitrogen and oxygen atoms in total. The maximum atomic E-state index is 5.42. The lowest BCUT2D eigenvalue weighted by Gasteiger charge is -2.12. The van der Waals surface area contributed by atoms with E-state index in [9.17, 15) is 0 Å². The minimum absolute atomic E-state index is 0.0552. The zero-order chi connectivity index (χ0) is 11.1. The number of hydrogen-bond donors (Lipinski definition) is 1. The highest BCUT2D eigenvalue weighted by Crippen LogP contribution is 2.14. The Hall–Kier alpha value is -1.21. The fourth-order valence-corrected chi connectivity index (χ4v) is 1.58. The lowest BCUT2D eigenvalue weighted by atomic mass is 10.2. The summed E-state index contributed by atoms with van der Waals surface area (Å²) in [6.07, 6.45) is 11.0. The summed E-state index contributed by atoms with van der Waals surface area (Å²) in [6, 6.07) is 1.96. The number of hydrogen-bond acceptors (Lipinski definition) is 4. The van der Waals surface area contributed by atoms with E-state index < -0.39 is 0 Å². The van der Waals surface area contributed by atoms with E-state index in [0.29, 0.717) is 0 Å². The smallest absolute Gasteiger partial charge is 0.131 e. The van der Waals surface area contributed by atoms with Gasteiger partial charge >= 0.3 is 0 Å². The third kappa shape index (κ3) is 3.80. The third-order valence-electron chi connectivity index (χ3n) is 1.95. The second-order valence-corrected chi connectivity index (χ2v) is 3.92. The largest absolute Gasteiger partial charge is 0.356 e. The number of nitrogens with zero attached hydrogens (tertiary/aromatic N) is 2. The highest BCUT2D eigenvalue weighted by atomic mass is 32.2. The topological polar surface area (TPSA) is 37.8 Å². The summed E-state index contributed by atoms with van der Waals surface area (Å²) < 4.78 is 0. The van der Waals surface area contributed by atoms with Crippen LogP contribution < -0.4 is 5.32 Å². The van der Waals surface area contributed by atoms with Gasteiger partial charge in [-0.05, 0) is 12.7 Å². The Morgan fingerprint density at radius 2 is 2.40 bits per heavy atom. The second kappa shape index (κ2) is 6.31. The van der Waals surface area contributed by atoms with Crippen molar-refractivity contribution in [2.75, 3.05) is 11.6 Å². The summed E-state index contributed by atoms with van der Waals surface area (Å²) in [4.78, 5) is 8.22. The Kier molecular flexibility index (Phi) is 4.99. The minimum Gasteiger partial charge on any atom is -0.356 e. The van der Waals surface area contributed by atoms with E-state index >= 15 is 0 Å². The van der Waals surface area contributed by atoms with Gasteiger partial charge in [-0.15, -0.1) is 18.2 Å². The SMILES string of the molecule is C#CC(CCC)Nc1cc(SC)ncn1. The number of terminal acetylenes is 1. The second-order valence-electron chi connectivity index (χ2n) is 3.10. The van der Waals surface area contributed by atoms with Gasteiger partial charge in [0.15, 0.2) is 0 Å². The molecule has 80 valence electrons. The molecule has 0 aliphatic rings. The number of anilines is 1. The molecular weight excluding hydrogens is 206 g/mol. The Labute approximate surface area is 95.1 Å². The van der Waals surface area contributed by atoms with Gasteiger partial charge < -0.3 is 5.32 Å². The molecular formula is C11H15N3S. The van der Waals surface area contributed by atoms with Crippen LogP contribution in [0.5, 0.6) is 0 Å². The number of rotatable bonds is 5. The number of aromatic nitrogens is 2. The van der Waals surface area contributed by atoms with Crippen molar-refractivity contribution >= 4 is 17.6 Å². The predicted octanol–water partition coefficient (Wildman–Crippen LogP) is 2.41. The van der Waals surface area contributed by atoms with Crippen molar-refractivity contribution in [3.63, 3.8) is 0 Å². The molecule has 0 radical (unpaired) electrons. The van der Waals surface area contributed by atoms with Crippen LogP contribution in [0.25, 0.3) is 0 Å². The van der Waals surface area contributed by atoms with Crippen molar-refractivity contribution < 1.29 is 0 Å². The van der Waals surface area contributed by atoms with Crippen LogP contribution in [0.4, 0.5) is 5.82 Å². The molecule has 0 bridgehead atoms. The van der Waals surface area contributed by atoms with Crippen LogP contribution in [0.3, 0.4) is 0 Å². The van der Waals surface area contributed by atoms with Crippen LogP contribution in [0.1, 0.15) is 19.8 Å². The van der Waals surface area contributed by atoms with E-state index in [1.807, 2.05) is 12.3 Å². The van der Waals surface area contributed by atoms with Crippen LogP contribution in [-0.2, 0) is 0 Å². The van der Waals surface area contributed by atoms with Gasteiger partial charge in [-0.2, -0.15) is 0 Å². The van der Waals surface area contributed by atoms with E-state index in [0.717, 1.165) is 23.7 Å². The van der Waals surface area contributed by atoms with Gasteiger partial charge in [0.1, 0.15) is 17.2 Å². The summed E-state index contributed by atoms with van der Waals surface area (Å²) in [5, 5.41) is 4.15. The molecule has 0 fully saturated rings. The van der Waals surface area contributed by atoms with Gasteiger partial charge in [0.25, 0.3) is 0 Å². The molecule has 4 heteroatoms. The summed E-state index contributed by atoms with van der Waals surface area (Å²) in [5.41, 5.74) is 0. The Bertz CT molecular complexity index is 346. The average molecular weight is 221 g/mol. The normalized spacial score (nSPS) is 11.8. The molecule has 1 unspecified atom stereocenters. The highest BCUT2D eigenvalue weighted by molar-refractivity contribution is 7.98. The van der Waals surface area contributed by atoms with Crippen molar-refractivity contribution in [1.29, 1.82) is 0 Å². The monoisotopic (exact) mass is 221 g/mol. The molecule has 1 heterocycles. The van der Waals surface area contributed by atoms with Gasteiger partial charge in [0.2, 0.25) is 0 Å². The first-order chi connectivity index (χ1) is 7.30. The highest BCUT2D eigenvalue weighted by Gasteiger charge is 2.04. The maximum Gasteiger partial charge on any atom is 0.131 e. The molecule has 0 aliphatic heterocycles.